The third-order valence-corrected chi connectivity index (χ3v) is 6.66. The summed E-state index contributed by atoms with van der Waals surface area (Å²) in [5.41, 5.74) is -0.579. The number of ether oxygens (including phenoxy) is 1. The first-order chi connectivity index (χ1) is 9.46. The standard InChI is InChI=1S/C16H26O4/c1-9-4-5-12-10(2)14(17)18-13-8-15(3)7-6-11(9)16(12,13)20-19-15/h9-14,17H,4-8H2,1-3H3/t9-,10-,11?,12?,13-,14?,15+,16-/m1/s1. The molecule has 0 aromatic rings. The molecule has 3 heterocycles. The number of fused-ring (bicyclic) bond motifs is 2. The second-order valence-electron chi connectivity index (χ2n) is 7.85. The molecule has 0 aromatic carbocycles. The van der Waals surface area contributed by atoms with Crippen LogP contribution in [0.3, 0.4) is 0 Å². The van der Waals surface area contributed by atoms with Crippen molar-refractivity contribution in [2.75, 3.05) is 0 Å². The highest BCUT2D eigenvalue weighted by molar-refractivity contribution is 5.13. The number of hydrogen-bond donors (Lipinski definition) is 1. The van der Waals surface area contributed by atoms with Gasteiger partial charge in [0.05, 0.1) is 6.10 Å². The minimum absolute atomic E-state index is 0.0206. The molecule has 5 rings (SSSR count). The van der Waals surface area contributed by atoms with Gasteiger partial charge in [-0.1, -0.05) is 13.8 Å². The molecule has 114 valence electrons. The van der Waals surface area contributed by atoms with Crippen LogP contribution < -0.4 is 0 Å². The van der Waals surface area contributed by atoms with Gasteiger partial charge in [-0.3, -0.25) is 0 Å². The van der Waals surface area contributed by atoms with E-state index in [-0.39, 0.29) is 23.2 Å². The van der Waals surface area contributed by atoms with Crippen LogP contribution >= 0.6 is 0 Å². The lowest BCUT2D eigenvalue weighted by Crippen LogP contribution is -2.69. The zero-order valence-corrected chi connectivity index (χ0v) is 12.7. The second kappa shape index (κ2) is 4.19. The van der Waals surface area contributed by atoms with E-state index in [1.807, 2.05) is 0 Å². The van der Waals surface area contributed by atoms with Crippen LogP contribution in [0.4, 0.5) is 0 Å². The molecule has 5 aliphatic rings. The zero-order valence-electron chi connectivity index (χ0n) is 12.7. The quantitative estimate of drug-likeness (QED) is 0.694. The Kier molecular flexibility index (Phi) is 2.83. The third kappa shape index (κ3) is 1.57. The van der Waals surface area contributed by atoms with Gasteiger partial charge in [-0.25, -0.2) is 9.78 Å². The second-order valence-corrected chi connectivity index (χ2v) is 7.85. The van der Waals surface area contributed by atoms with Crippen molar-refractivity contribution in [2.45, 2.75) is 76.5 Å². The highest BCUT2D eigenvalue weighted by atomic mass is 17.2. The van der Waals surface area contributed by atoms with E-state index in [1.165, 1.54) is 6.42 Å². The Morgan fingerprint density at radius 3 is 2.65 bits per heavy atom. The lowest BCUT2D eigenvalue weighted by molar-refractivity contribution is -0.494. The molecular formula is C16H26O4. The van der Waals surface area contributed by atoms with Gasteiger partial charge in [0, 0.05) is 18.3 Å². The summed E-state index contributed by atoms with van der Waals surface area (Å²) in [6, 6.07) is 0. The molecule has 3 saturated heterocycles. The molecule has 2 bridgehead atoms. The summed E-state index contributed by atoms with van der Waals surface area (Å²) in [6.07, 6.45) is 4.68. The van der Waals surface area contributed by atoms with E-state index < -0.39 is 6.29 Å². The molecule has 20 heavy (non-hydrogen) atoms. The van der Waals surface area contributed by atoms with Gasteiger partial charge in [0.25, 0.3) is 0 Å². The number of hydrogen-bond acceptors (Lipinski definition) is 4. The van der Waals surface area contributed by atoms with Gasteiger partial charge < -0.3 is 9.84 Å². The smallest absolute Gasteiger partial charge is 0.157 e. The summed E-state index contributed by atoms with van der Waals surface area (Å²) in [7, 11) is 0. The Balaban J connectivity index is 1.82. The van der Waals surface area contributed by atoms with E-state index in [0.717, 1.165) is 25.7 Å². The average molecular weight is 282 g/mol. The largest absolute Gasteiger partial charge is 0.368 e. The maximum Gasteiger partial charge on any atom is 0.157 e. The van der Waals surface area contributed by atoms with Crippen LogP contribution in [0.1, 0.15) is 52.9 Å². The fourth-order valence-electron chi connectivity index (χ4n) is 5.44. The highest BCUT2D eigenvalue weighted by Crippen LogP contribution is 2.61. The van der Waals surface area contributed by atoms with Crippen molar-refractivity contribution in [3.63, 3.8) is 0 Å². The van der Waals surface area contributed by atoms with E-state index in [1.54, 1.807) is 0 Å². The first-order valence-corrected chi connectivity index (χ1v) is 8.17. The Morgan fingerprint density at radius 1 is 1.05 bits per heavy atom. The van der Waals surface area contributed by atoms with Crippen molar-refractivity contribution in [3.05, 3.63) is 0 Å². The lowest BCUT2D eigenvalue weighted by Gasteiger charge is -2.60. The molecule has 2 saturated carbocycles. The van der Waals surface area contributed by atoms with E-state index in [9.17, 15) is 5.11 Å². The van der Waals surface area contributed by atoms with Gasteiger partial charge in [-0.15, -0.1) is 0 Å². The molecule has 5 fully saturated rings. The van der Waals surface area contributed by atoms with E-state index in [0.29, 0.717) is 17.8 Å². The molecule has 0 aromatic heterocycles. The minimum Gasteiger partial charge on any atom is -0.368 e. The third-order valence-electron chi connectivity index (χ3n) is 6.66. The highest BCUT2D eigenvalue weighted by Gasteiger charge is 2.67. The minimum atomic E-state index is -0.656. The fourth-order valence-corrected chi connectivity index (χ4v) is 5.44. The van der Waals surface area contributed by atoms with Crippen molar-refractivity contribution in [1.82, 2.24) is 0 Å². The number of aliphatic hydroxyl groups is 1. The summed E-state index contributed by atoms with van der Waals surface area (Å²) >= 11 is 0. The van der Waals surface area contributed by atoms with Crippen LogP contribution in [0.25, 0.3) is 0 Å². The summed E-state index contributed by atoms with van der Waals surface area (Å²) in [5, 5.41) is 10.3. The normalized spacial score (nSPS) is 61.8. The van der Waals surface area contributed by atoms with Crippen LogP contribution in [-0.4, -0.2) is 28.7 Å². The number of rotatable bonds is 0. The Bertz CT molecular complexity index is 409. The monoisotopic (exact) mass is 282 g/mol. The van der Waals surface area contributed by atoms with Gasteiger partial charge in [-0.05, 0) is 44.4 Å². The summed E-state index contributed by atoms with van der Waals surface area (Å²) in [5.74, 6) is 1.60. The molecule has 0 amide bonds. The molecule has 3 aliphatic heterocycles. The maximum absolute atomic E-state index is 10.3. The van der Waals surface area contributed by atoms with Gasteiger partial charge in [0.1, 0.15) is 11.2 Å². The zero-order chi connectivity index (χ0) is 14.1. The van der Waals surface area contributed by atoms with E-state index >= 15 is 0 Å². The SMILES string of the molecule is C[C@H]1C(O)O[C@@H]2C[C@]3(C)CCC4[C@H](C)CCC1[C@]42OO3. The Morgan fingerprint density at radius 2 is 1.85 bits per heavy atom. The van der Waals surface area contributed by atoms with Gasteiger partial charge >= 0.3 is 0 Å². The predicted octanol–water partition coefficient (Wildman–Crippen LogP) is 2.65. The van der Waals surface area contributed by atoms with E-state index in [4.69, 9.17) is 14.5 Å². The molecule has 1 N–H and O–H groups in total. The Hall–Kier alpha value is -0.160. The molecule has 0 radical (unpaired) electrons. The van der Waals surface area contributed by atoms with Crippen LogP contribution in [-0.2, 0) is 14.5 Å². The molecular weight excluding hydrogens is 256 g/mol. The topological polar surface area (TPSA) is 47.9 Å². The molecule has 1 spiro atoms. The van der Waals surface area contributed by atoms with Gasteiger partial charge in [0.2, 0.25) is 0 Å². The molecule has 4 nitrogen and oxygen atoms in total. The van der Waals surface area contributed by atoms with Gasteiger partial charge in [0.15, 0.2) is 6.29 Å². The van der Waals surface area contributed by atoms with Crippen LogP contribution in [0.2, 0.25) is 0 Å². The fraction of sp³-hybridized carbons (Fsp3) is 1.00. The Labute approximate surface area is 120 Å². The van der Waals surface area contributed by atoms with Gasteiger partial charge in [-0.2, -0.15) is 0 Å². The molecule has 8 atom stereocenters. The van der Waals surface area contributed by atoms with E-state index in [2.05, 4.69) is 20.8 Å². The molecule has 4 heteroatoms. The summed E-state index contributed by atoms with van der Waals surface area (Å²) in [4.78, 5) is 12.0. The van der Waals surface area contributed by atoms with Crippen LogP contribution in [0, 0.1) is 23.7 Å². The first-order valence-electron chi connectivity index (χ1n) is 8.17. The molecule has 3 unspecified atom stereocenters. The first kappa shape index (κ1) is 13.5. The van der Waals surface area contributed by atoms with Crippen molar-refractivity contribution in [1.29, 1.82) is 0 Å². The summed E-state index contributed by atoms with van der Waals surface area (Å²) in [6.45, 7) is 6.55. The van der Waals surface area contributed by atoms with Crippen molar-refractivity contribution >= 4 is 0 Å². The lowest BCUT2D eigenvalue weighted by atomic mass is 9.56. The molecule has 2 aliphatic carbocycles. The maximum atomic E-state index is 10.3. The van der Waals surface area contributed by atoms with Crippen molar-refractivity contribution < 1.29 is 19.6 Å². The average Bonchev–Trinajstić information content (AvgIpc) is 2.63. The summed E-state index contributed by atoms with van der Waals surface area (Å²) < 4.78 is 6.01. The predicted molar refractivity (Wildman–Crippen MR) is 72.6 cm³/mol. The number of aliphatic hydroxyl groups excluding tert-OH is 1. The van der Waals surface area contributed by atoms with Crippen LogP contribution in [0.15, 0.2) is 0 Å². The van der Waals surface area contributed by atoms with Crippen molar-refractivity contribution in [3.8, 4) is 0 Å². The van der Waals surface area contributed by atoms with Crippen molar-refractivity contribution in [2.24, 2.45) is 23.7 Å². The van der Waals surface area contributed by atoms with Crippen LogP contribution in [0.5, 0.6) is 0 Å².